The highest BCUT2D eigenvalue weighted by Gasteiger charge is 2.21. The Morgan fingerprint density at radius 1 is 1.06 bits per heavy atom. The maximum atomic E-state index is 12.0. The van der Waals surface area contributed by atoms with E-state index in [0.717, 1.165) is 36.1 Å². The zero-order valence-corrected chi connectivity index (χ0v) is 8.99. The standard InChI is InChI=1S/C14H13NO/c16-14-12-7-3-1-5-10(12)9-11-6-2-4-8-13(11)15-14/h1,3,5-8H,2,4,9H2,(H,15,16). The Labute approximate surface area is 94.7 Å². The van der Waals surface area contributed by atoms with Crippen LogP contribution in [0.3, 0.4) is 0 Å². The first-order chi connectivity index (χ1) is 7.84. The number of benzene rings is 1. The second kappa shape index (κ2) is 3.63. The highest BCUT2D eigenvalue weighted by molar-refractivity contribution is 5.98. The first kappa shape index (κ1) is 9.40. The molecule has 16 heavy (non-hydrogen) atoms. The topological polar surface area (TPSA) is 29.1 Å². The minimum atomic E-state index is 0.0205. The second-order valence-corrected chi connectivity index (χ2v) is 4.21. The summed E-state index contributed by atoms with van der Waals surface area (Å²) in [5.41, 5.74) is 4.19. The summed E-state index contributed by atoms with van der Waals surface area (Å²) in [6, 6.07) is 7.83. The molecule has 1 N–H and O–H groups in total. The molecule has 2 nitrogen and oxygen atoms in total. The molecule has 1 aromatic carbocycles. The molecule has 0 saturated heterocycles. The molecule has 2 heteroatoms. The van der Waals surface area contributed by atoms with Gasteiger partial charge in [0.15, 0.2) is 0 Å². The van der Waals surface area contributed by atoms with E-state index in [-0.39, 0.29) is 5.91 Å². The van der Waals surface area contributed by atoms with Gasteiger partial charge in [0, 0.05) is 11.3 Å². The molecule has 0 saturated carbocycles. The van der Waals surface area contributed by atoms with Crippen molar-refractivity contribution in [3.63, 3.8) is 0 Å². The van der Waals surface area contributed by atoms with Gasteiger partial charge in [-0.25, -0.2) is 0 Å². The quantitative estimate of drug-likeness (QED) is 0.702. The van der Waals surface area contributed by atoms with Crippen LogP contribution in [0, 0.1) is 0 Å². The minimum Gasteiger partial charge on any atom is -0.322 e. The Morgan fingerprint density at radius 3 is 2.81 bits per heavy atom. The van der Waals surface area contributed by atoms with E-state index in [1.807, 2.05) is 24.3 Å². The molecule has 0 bridgehead atoms. The van der Waals surface area contributed by atoms with Gasteiger partial charge < -0.3 is 5.32 Å². The van der Waals surface area contributed by atoms with Crippen LogP contribution in [0.2, 0.25) is 0 Å². The Morgan fingerprint density at radius 2 is 1.88 bits per heavy atom. The largest absolute Gasteiger partial charge is 0.322 e. The van der Waals surface area contributed by atoms with Crippen LogP contribution in [0.25, 0.3) is 0 Å². The summed E-state index contributed by atoms with van der Waals surface area (Å²) < 4.78 is 0. The van der Waals surface area contributed by atoms with Crippen molar-refractivity contribution in [1.82, 2.24) is 5.32 Å². The fourth-order valence-corrected chi connectivity index (χ4v) is 2.32. The summed E-state index contributed by atoms with van der Waals surface area (Å²) in [6.45, 7) is 0. The Balaban J connectivity index is 2.11. The van der Waals surface area contributed by atoms with Crippen LogP contribution < -0.4 is 5.32 Å². The van der Waals surface area contributed by atoms with Crippen molar-refractivity contribution in [2.75, 3.05) is 0 Å². The number of carbonyl (C=O) groups excluding carboxylic acids is 1. The molecule has 1 aliphatic carbocycles. The van der Waals surface area contributed by atoms with Crippen LogP contribution in [0.15, 0.2) is 47.7 Å². The van der Waals surface area contributed by atoms with E-state index in [1.54, 1.807) is 0 Å². The van der Waals surface area contributed by atoms with Crippen LogP contribution in [0.1, 0.15) is 28.8 Å². The zero-order valence-electron chi connectivity index (χ0n) is 8.99. The first-order valence-corrected chi connectivity index (χ1v) is 5.63. The molecule has 1 aromatic rings. The highest BCUT2D eigenvalue weighted by atomic mass is 16.1. The molecular weight excluding hydrogens is 198 g/mol. The van der Waals surface area contributed by atoms with Crippen molar-refractivity contribution in [3.05, 3.63) is 58.8 Å². The van der Waals surface area contributed by atoms with Crippen molar-refractivity contribution in [2.24, 2.45) is 0 Å². The van der Waals surface area contributed by atoms with E-state index >= 15 is 0 Å². The lowest BCUT2D eigenvalue weighted by Crippen LogP contribution is -2.22. The van der Waals surface area contributed by atoms with Crippen LogP contribution in [-0.4, -0.2) is 5.91 Å². The van der Waals surface area contributed by atoms with E-state index in [4.69, 9.17) is 0 Å². The molecule has 0 atom stereocenters. The van der Waals surface area contributed by atoms with Gasteiger partial charge in [0.05, 0.1) is 0 Å². The molecular formula is C14H13NO. The van der Waals surface area contributed by atoms with E-state index in [2.05, 4.69) is 17.5 Å². The smallest absolute Gasteiger partial charge is 0.255 e. The SMILES string of the molecule is O=C1NC2=CCCC=C2Cc2ccccc21. The predicted octanol–water partition coefficient (Wildman–Crippen LogP) is 2.58. The Hall–Kier alpha value is -1.83. The summed E-state index contributed by atoms with van der Waals surface area (Å²) in [7, 11) is 0. The van der Waals surface area contributed by atoms with Gasteiger partial charge in [-0.2, -0.15) is 0 Å². The van der Waals surface area contributed by atoms with Gasteiger partial charge in [-0.15, -0.1) is 0 Å². The molecule has 0 fully saturated rings. The van der Waals surface area contributed by atoms with Crippen molar-refractivity contribution in [3.8, 4) is 0 Å². The average molecular weight is 211 g/mol. The molecule has 0 spiro atoms. The van der Waals surface area contributed by atoms with Gasteiger partial charge in [0.1, 0.15) is 0 Å². The second-order valence-electron chi connectivity index (χ2n) is 4.21. The third-order valence-electron chi connectivity index (χ3n) is 3.14. The number of rotatable bonds is 0. The first-order valence-electron chi connectivity index (χ1n) is 5.63. The number of amides is 1. The molecule has 1 amide bonds. The molecule has 1 aliphatic heterocycles. The fraction of sp³-hybridized carbons (Fsp3) is 0.214. The molecule has 0 radical (unpaired) electrons. The van der Waals surface area contributed by atoms with Gasteiger partial charge in [0.2, 0.25) is 0 Å². The number of fused-ring (bicyclic) bond motifs is 2. The van der Waals surface area contributed by atoms with E-state index < -0.39 is 0 Å². The Bertz CT molecular complexity index is 511. The normalized spacial score (nSPS) is 18.6. The zero-order chi connectivity index (χ0) is 11.0. The lowest BCUT2D eigenvalue weighted by atomic mass is 9.96. The van der Waals surface area contributed by atoms with Crippen LogP contribution in [-0.2, 0) is 6.42 Å². The van der Waals surface area contributed by atoms with E-state index in [1.165, 1.54) is 5.57 Å². The van der Waals surface area contributed by atoms with Gasteiger partial charge in [0.25, 0.3) is 5.91 Å². The number of nitrogens with one attached hydrogen (secondary N) is 1. The van der Waals surface area contributed by atoms with Crippen molar-refractivity contribution >= 4 is 5.91 Å². The number of carbonyl (C=O) groups is 1. The monoisotopic (exact) mass is 211 g/mol. The van der Waals surface area contributed by atoms with Crippen molar-refractivity contribution < 1.29 is 4.79 Å². The molecule has 3 rings (SSSR count). The molecule has 0 unspecified atom stereocenters. The van der Waals surface area contributed by atoms with Crippen molar-refractivity contribution in [1.29, 1.82) is 0 Å². The molecule has 80 valence electrons. The maximum Gasteiger partial charge on any atom is 0.255 e. The summed E-state index contributed by atoms with van der Waals surface area (Å²) in [4.78, 5) is 12.0. The average Bonchev–Trinajstić information content (AvgIpc) is 2.45. The number of hydrogen-bond donors (Lipinski definition) is 1. The van der Waals surface area contributed by atoms with Crippen LogP contribution in [0.5, 0.6) is 0 Å². The lowest BCUT2D eigenvalue weighted by Gasteiger charge is -2.13. The maximum absolute atomic E-state index is 12.0. The predicted molar refractivity (Wildman–Crippen MR) is 63.0 cm³/mol. The summed E-state index contributed by atoms with van der Waals surface area (Å²) in [5.74, 6) is 0.0205. The van der Waals surface area contributed by atoms with Gasteiger partial charge in [-0.05, 0) is 36.5 Å². The minimum absolute atomic E-state index is 0.0205. The van der Waals surface area contributed by atoms with Crippen LogP contribution >= 0.6 is 0 Å². The molecule has 2 aliphatic rings. The fourth-order valence-electron chi connectivity index (χ4n) is 2.32. The highest BCUT2D eigenvalue weighted by Crippen LogP contribution is 2.25. The third kappa shape index (κ3) is 1.47. The van der Waals surface area contributed by atoms with Gasteiger partial charge in [-0.1, -0.05) is 30.4 Å². The van der Waals surface area contributed by atoms with Gasteiger partial charge in [-0.3, -0.25) is 4.79 Å². The number of hydrogen-bond acceptors (Lipinski definition) is 1. The Kier molecular flexibility index (Phi) is 2.13. The van der Waals surface area contributed by atoms with Crippen molar-refractivity contribution in [2.45, 2.75) is 19.3 Å². The molecule has 1 heterocycles. The van der Waals surface area contributed by atoms with Crippen LogP contribution in [0.4, 0.5) is 0 Å². The van der Waals surface area contributed by atoms with Gasteiger partial charge >= 0.3 is 0 Å². The summed E-state index contributed by atoms with van der Waals surface area (Å²) in [6.07, 6.45) is 7.32. The van der Waals surface area contributed by atoms with E-state index in [9.17, 15) is 4.79 Å². The number of allylic oxidation sites excluding steroid dienone is 3. The summed E-state index contributed by atoms with van der Waals surface area (Å²) >= 11 is 0. The lowest BCUT2D eigenvalue weighted by molar-refractivity contribution is 0.0967. The third-order valence-corrected chi connectivity index (χ3v) is 3.14. The van der Waals surface area contributed by atoms with E-state index in [0.29, 0.717) is 0 Å². The molecule has 0 aromatic heterocycles. The summed E-state index contributed by atoms with van der Waals surface area (Å²) in [5, 5.41) is 2.99.